The Balaban J connectivity index is 1.80. The Morgan fingerprint density at radius 3 is 2.72 bits per heavy atom. The Morgan fingerprint density at radius 2 is 2.00 bits per heavy atom. The van der Waals surface area contributed by atoms with Crippen LogP contribution in [-0.2, 0) is 0 Å². The number of pyridine rings is 1. The van der Waals surface area contributed by atoms with Crippen LogP contribution in [0.2, 0.25) is 0 Å². The summed E-state index contributed by atoms with van der Waals surface area (Å²) in [5.41, 5.74) is 5.30. The van der Waals surface area contributed by atoms with Crippen LogP contribution in [0.3, 0.4) is 0 Å². The molecule has 1 amide bonds. The first-order valence-electron chi connectivity index (χ1n) is 9.45. The zero-order chi connectivity index (χ0) is 17.6. The van der Waals surface area contributed by atoms with Crippen LogP contribution in [-0.4, -0.2) is 42.0 Å². The van der Waals surface area contributed by atoms with Gasteiger partial charge in [-0.2, -0.15) is 0 Å². The second-order valence-electron chi connectivity index (χ2n) is 7.73. The number of rotatable bonds is 3. The van der Waals surface area contributed by atoms with Gasteiger partial charge in [-0.1, -0.05) is 11.6 Å². The van der Waals surface area contributed by atoms with Gasteiger partial charge in [0.2, 0.25) is 0 Å². The van der Waals surface area contributed by atoms with Crippen molar-refractivity contribution in [3.63, 3.8) is 0 Å². The van der Waals surface area contributed by atoms with Gasteiger partial charge in [0.05, 0.1) is 11.1 Å². The fraction of sp³-hybridized carbons (Fsp3) is 0.524. The van der Waals surface area contributed by atoms with Crippen molar-refractivity contribution in [3.8, 4) is 0 Å². The van der Waals surface area contributed by atoms with Crippen molar-refractivity contribution in [3.05, 3.63) is 40.6 Å². The number of nitrogens with one attached hydrogen (secondary N) is 1. The highest BCUT2D eigenvalue weighted by molar-refractivity contribution is 6.07. The number of nitrogens with zero attached hydrogens (tertiary/aromatic N) is 2. The average Bonchev–Trinajstić information content (AvgIpc) is 3.45. The number of carbonyl (C=O) groups is 1. The molecule has 1 aliphatic carbocycles. The number of likely N-dealkylation sites (tertiary alicyclic amines) is 1. The molecule has 1 N–H and O–H groups in total. The highest BCUT2D eigenvalue weighted by atomic mass is 16.2. The highest BCUT2D eigenvalue weighted by Gasteiger charge is 2.29. The lowest BCUT2D eigenvalue weighted by Gasteiger charge is -2.33. The number of hydrogen-bond acceptors (Lipinski definition) is 3. The number of likely N-dealkylation sites (N-methyl/N-ethyl adjacent to an activating group) is 1. The van der Waals surface area contributed by atoms with Gasteiger partial charge in [-0.3, -0.25) is 9.78 Å². The molecular formula is C21H27N3O. The third-order valence-corrected chi connectivity index (χ3v) is 5.61. The Hall–Kier alpha value is -1.94. The lowest BCUT2D eigenvalue weighted by molar-refractivity contribution is 0.0700. The summed E-state index contributed by atoms with van der Waals surface area (Å²) in [6.45, 7) is 5.84. The lowest BCUT2D eigenvalue weighted by Crippen LogP contribution is -2.47. The Bertz CT molecular complexity index is 825. The normalized spacial score (nSPS) is 20.9. The number of piperidine rings is 1. The molecule has 1 unspecified atom stereocenters. The number of fused-ring (bicyclic) bond motifs is 1. The maximum atomic E-state index is 13.4. The molecule has 132 valence electrons. The molecule has 1 saturated carbocycles. The number of carbonyl (C=O) groups excluding carboxylic acids is 1. The van der Waals surface area contributed by atoms with E-state index >= 15 is 0 Å². The molecule has 1 atom stereocenters. The van der Waals surface area contributed by atoms with Gasteiger partial charge in [0, 0.05) is 36.1 Å². The fourth-order valence-electron chi connectivity index (χ4n) is 4.03. The van der Waals surface area contributed by atoms with Crippen LogP contribution in [0.1, 0.15) is 58.8 Å². The minimum absolute atomic E-state index is 0.166. The van der Waals surface area contributed by atoms with Crippen molar-refractivity contribution in [2.45, 2.75) is 51.5 Å². The first-order valence-corrected chi connectivity index (χ1v) is 9.45. The predicted molar refractivity (Wildman–Crippen MR) is 101 cm³/mol. The number of hydrogen-bond donors (Lipinski definition) is 1. The van der Waals surface area contributed by atoms with E-state index in [-0.39, 0.29) is 5.91 Å². The van der Waals surface area contributed by atoms with Crippen molar-refractivity contribution in [2.75, 3.05) is 20.1 Å². The van der Waals surface area contributed by atoms with E-state index in [0.29, 0.717) is 12.0 Å². The van der Waals surface area contributed by atoms with Gasteiger partial charge in [0.25, 0.3) is 5.91 Å². The highest BCUT2D eigenvalue weighted by Crippen LogP contribution is 2.40. The van der Waals surface area contributed by atoms with Crippen LogP contribution >= 0.6 is 0 Å². The Kier molecular flexibility index (Phi) is 4.24. The predicted octanol–water partition coefficient (Wildman–Crippen LogP) is 3.55. The third kappa shape index (κ3) is 3.15. The number of aryl methyl sites for hydroxylation is 2. The van der Waals surface area contributed by atoms with E-state index in [0.717, 1.165) is 48.1 Å². The quantitative estimate of drug-likeness (QED) is 0.931. The van der Waals surface area contributed by atoms with Crippen molar-refractivity contribution in [2.24, 2.45) is 0 Å². The molecule has 1 saturated heterocycles. The average molecular weight is 337 g/mol. The zero-order valence-corrected chi connectivity index (χ0v) is 15.4. The molecule has 4 heteroatoms. The van der Waals surface area contributed by atoms with Gasteiger partial charge in [-0.25, -0.2) is 0 Å². The second-order valence-corrected chi connectivity index (χ2v) is 7.73. The summed E-state index contributed by atoms with van der Waals surface area (Å²) in [5, 5.41) is 4.34. The SMILES string of the molecule is CNC1CCCN(C(=O)c2cc(C3CC3)nc3c(C)cc(C)cc23)C1. The van der Waals surface area contributed by atoms with Crippen molar-refractivity contribution < 1.29 is 4.79 Å². The molecule has 4 nitrogen and oxygen atoms in total. The zero-order valence-electron chi connectivity index (χ0n) is 15.4. The smallest absolute Gasteiger partial charge is 0.254 e. The van der Waals surface area contributed by atoms with Crippen molar-refractivity contribution in [1.29, 1.82) is 0 Å². The molecular weight excluding hydrogens is 310 g/mol. The van der Waals surface area contributed by atoms with E-state index in [4.69, 9.17) is 4.98 Å². The molecule has 0 radical (unpaired) electrons. The van der Waals surface area contributed by atoms with Crippen molar-refractivity contribution >= 4 is 16.8 Å². The van der Waals surface area contributed by atoms with Gasteiger partial charge in [0.1, 0.15) is 0 Å². The van der Waals surface area contributed by atoms with Crippen LogP contribution in [0.25, 0.3) is 10.9 Å². The summed E-state index contributed by atoms with van der Waals surface area (Å²) in [7, 11) is 1.98. The number of benzene rings is 1. The minimum atomic E-state index is 0.166. The summed E-state index contributed by atoms with van der Waals surface area (Å²) < 4.78 is 0. The van der Waals surface area contributed by atoms with E-state index in [1.54, 1.807) is 0 Å². The summed E-state index contributed by atoms with van der Waals surface area (Å²) in [4.78, 5) is 20.3. The summed E-state index contributed by atoms with van der Waals surface area (Å²) >= 11 is 0. The van der Waals surface area contributed by atoms with Crippen molar-refractivity contribution in [1.82, 2.24) is 15.2 Å². The maximum absolute atomic E-state index is 13.4. The Morgan fingerprint density at radius 1 is 1.20 bits per heavy atom. The fourth-order valence-corrected chi connectivity index (χ4v) is 4.03. The van der Waals surface area contributed by atoms with Gasteiger partial charge in [-0.15, -0.1) is 0 Å². The molecule has 2 aliphatic rings. The molecule has 2 heterocycles. The van der Waals surface area contributed by atoms with E-state index in [9.17, 15) is 4.79 Å². The van der Waals surface area contributed by atoms with E-state index < -0.39 is 0 Å². The largest absolute Gasteiger partial charge is 0.337 e. The third-order valence-electron chi connectivity index (χ3n) is 5.61. The van der Waals surface area contributed by atoms with E-state index in [1.807, 2.05) is 11.9 Å². The van der Waals surface area contributed by atoms with Crippen LogP contribution in [0.15, 0.2) is 18.2 Å². The molecule has 4 rings (SSSR count). The van der Waals surface area contributed by atoms with Crippen LogP contribution in [0.4, 0.5) is 0 Å². The molecule has 2 fully saturated rings. The lowest BCUT2D eigenvalue weighted by atomic mass is 9.98. The van der Waals surface area contributed by atoms with Gasteiger partial charge in [-0.05, 0) is 64.3 Å². The maximum Gasteiger partial charge on any atom is 0.254 e. The molecule has 1 aliphatic heterocycles. The van der Waals surface area contributed by atoms with Gasteiger partial charge >= 0.3 is 0 Å². The van der Waals surface area contributed by atoms with Gasteiger partial charge in [0.15, 0.2) is 0 Å². The molecule has 2 aromatic rings. The van der Waals surface area contributed by atoms with Crippen LogP contribution < -0.4 is 5.32 Å². The molecule has 0 spiro atoms. The van der Waals surface area contributed by atoms with E-state index in [2.05, 4.69) is 37.4 Å². The molecule has 0 bridgehead atoms. The molecule has 1 aromatic carbocycles. The van der Waals surface area contributed by atoms with Gasteiger partial charge < -0.3 is 10.2 Å². The molecule has 1 aromatic heterocycles. The minimum Gasteiger partial charge on any atom is -0.337 e. The topological polar surface area (TPSA) is 45.2 Å². The number of amides is 1. The second kappa shape index (κ2) is 6.41. The summed E-state index contributed by atoms with van der Waals surface area (Å²) in [6, 6.07) is 6.76. The van der Waals surface area contributed by atoms with Crippen LogP contribution in [0.5, 0.6) is 0 Å². The van der Waals surface area contributed by atoms with E-state index in [1.165, 1.54) is 24.0 Å². The first kappa shape index (κ1) is 16.5. The van der Waals surface area contributed by atoms with Crippen LogP contribution in [0, 0.1) is 13.8 Å². The first-order chi connectivity index (χ1) is 12.1. The Labute approximate surface area is 149 Å². The molecule has 25 heavy (non-hydrogen) atoms. The summed E-state index contributed by atoms with van der Waals surface area (Å²) in [6.07, 6.45) is 4.60. The monoisotopic (exact) mass is 337 g/mol. The number of aromatic nitrogens is 1. The standard InChI is InChI=1S/C21H27N3O/c1-13-9-14(2)20-17(10-13)18(11-19(23-20)15-6-7-15)21(25)24-8-4-5-16(12-24)22-3/h9-11,15-16,22H,4-8,12H2,1-3H3. The summed E-state index contributed by atoms with van der Waals surface area (Å²) in [5.74, 6) is 0.710.